The molecule has 3 aromatic rings. The Morgan fingerprint density at radius 1 is 0.759 bits per heavy atom. The number of urea groups is 1. The SMILES string of the molecule is C[C@@H](NC(=O)[C@H](NC(=O)Nc1ccccc1Cl)c1ccccc1)c1ccccc1. The summed E-state index contributed by atoms with van der Waals surface area (Å²) in [5, 5.41) is 8.82. The van der Waals surface area contributed by atoms with Crippen LogP contribution in [0.15, 0.2) is 84.9 Å². The minimum atomic E-state index is -0.857. The largest absolute Gasteiger partial charge is 0.347 e. The van der Waals surface area contributed by atoms with Crippen LogP contribution in [-0.4, -0.2) is 11.9 Å². The van der Waals surface area contributed by atoms with Crippen molar-refractivity contribution in [2.24, 2.45) is 0 Å². The summed E-state index contributed by atoms with van der Waals surface area (Å²) in [4.78, 5) is 25.6. The third kappa shape index (κ3) is 5.59. The fraction of sp³-hybridized carbons (Fsp3) is 0.130. The van der Waals surface area contributed by atoms with Gasteiger partial charge in [0.2, 0.25) is 5.91 Å². The maximum Gasteiger partial charge on any atom is 0.320 e. The van der Waals surface area contributed by atoms with E-state index in [0.717, 1.165) is 5.56 Å². The lowest BCUT2D eigenvalue weighted by Crippen LogP contribution is -2.42. The Kier molecular flexibility index (Phi) is 6.87. The van der Waals surface area contributed by atoms with Crippen LogP contribution in [0.5, 0.6) is 0 Å². The number of hydrogen-bond acceptors (Lipinski definition) is 2. The summed E-state index contributed by atoms with van der Waals surface area (Å²) in [6.45, 7) is 1.90. The molecule has 0 fully saturated rings. The third-order valence-electron chi connectivity index (χ3n) is 4.45. The average molecular weight is 408 g/mol. The van der Waals surface area contributed by atoms with Crippen molar-refractivity contribution >= 4 is 29.2 Å². The van der Waals surface area contributed by atoms with Crippen molar-refractivity contribution in [3.63, 3.8) is 0 Å². The Bertz CT molecular complexity index is 964. The van der Waals surface area contributed by atoms with E-state index in [-0.39, 0.29) is 11.9 Å². The number of benzene rings is 3. The van der Waals surface area contributed by atoms with Crippen molar-refractivity contribution in [1.82, 2.24) is 10.6 Å². The van der Waals surface area contributed by atoms with Crippen LogP contribution >= 0.6 is 11.6 Å². The molecule has 3 rings (SSSR count). The maximum atomic E-state index is 13.0. The van der Waals surface area contributed by atoms with E-state index in [4.69, 9.17) is 11.6 Å². The molecule has 0 aliphatic rings. The predicted molar refractivity (Wildman–Crippen MR) is 116 cm³/mol. The predicted octanol–water partition coefficient (Wildman–Crippen LogP) is 5.08. The molecule has 148 valence electrons. The Morgan fingerprint density at radius 2 is 1.31 bits per heavy atom. The first-order chi connectivity index (χ1) is 14.0. The topological polar surface area (TPSA) is 70.2 Å². The maximum absolute atomic E-state index is 13.0. The van der Waals surface area contributed by atoms with E-state index in [1.165, 1.54) is 0 Å². The molecule has 3 amide bonds. The number of nitrogens with one attached hydrogen (secondary N) is 3. The zero-order chi connectivity index (χ0) is 20.6. The first-order valence-electron chi connectivity index (χ1n) is 9.27. The van der Waals surface area contributed by atoms with Gasteiger partial charge in [-0.05, 0) is 30.2 Å². The van der Waals surface area contributed by atoms with Gasteiger partial charge < -0.3 is 16.0 Å². The van der Waals surface area contributed by atoms with Gasteiger partial charge in [-0.2, -0.15) is 0 Å². The number of amides is 3. The molecule has 0 aliphatic heterocycles. The zero-order valence-corrected chi connectivity index (χ0v) is 16.7. The molecule has 5 nitrogen and oxygen atoms in total. The molecule has 6 heteroatoms. The number of carbonyl (C=O) groups excluding carboxylic acids is 2. The summed E-state index contributed by atoms with van der Waals surface area (Å²) in [6, 6.07) is 24.1. The fourth-order valence-electron chi connectivity index (χ4n) is 2.92. The van der Waals surface area contributed by atoms with E-state index in [9.17, 15) is 9.59 Å². The second kappa shape index (κ2) is 9.75. The van der Waals surface area contributed by atoms with Crippen LogP contribution in [0.4, 0.5) is 10.5 Å². The molecule has 0 radical (unpaired) electrons. The molecule has 0 aromatic heterocycles. The monoisotopic (exact) mass is 407 g/mol. The average Bonchev–Trinajstić information content (AvgIpc) is 2.75. The highest BCUT2D eigenvalue weighted by molar-refractivity contribution is 6.33. The molecular weight excluding hydrogens is 386 g/mol. The Labute approximate surface area is 175 Å². The number of carbonyl (C=O) groups is 2. The fourth-order valence-corrected chi connectivity index (χ4v) is 3.10. The van der Waals surface area contributed by atoms with Crippen LogP contribution in [-0.2, 0) is 4.79 Å². The van der Waals surface area contributed by atoms with Crippen molar-refractivity contribution in [2.45, 2.75) is 19.0 Å². The van der Waals surface area contributed by atoms with Crippen molar-refractivity contribution in [3.05, 3.63) is 101 Å². The van der Waals surface area contributed by atoms with Crippen LogP contribution in [0.25, 0.3) is 0 Å². The van der Waals surface area contributed by atoms with Crippen LogP contribution in [0.2, 0.25) is 5.02 Å². The molecule has 3 N–H and O–H groups in total. The lowest BCUT2D eigenvalue weighted by Gasteiger charge is -2.22. The smallest absolute Gasteiger partial charge is 0.320 e. The summed E-state index contributed by atoms with van der Waals surface area (Å²) < 4.78 is 0. The summed E-state index contributed by atoms with van der Waals surface area (Å²) >= 11 is 6.10. The Morgan fingerprint density at radius 3 is 1.93 bits per heavy atom. The molecule has 0 heterocycles. The summed E-state index contributed by atoms with van der Waals surface area (Å²) in [7, 11) is 0. The first-order valence-corrected chi connectivity index (χ1v) is 9.64. The number of anilines is 1. The summed E-state index contributed by atoms with van der Waals surface area (Å²) in [5.74, 6) is -0.304. The van der Waals surface area contributed by atoms with Crippen molar-refractivity contribution < 1.29 is 9.59 Å². The highest BCUT2D eigenvalue weighted by Crippen LogP contribution is 2.21. The molecule has 0 aliphatic carbocycles. The molecule has 0 spiro atoms. The second-order valence-corrected chi connectivity index (χ2v) is 6.97. The Hall–Kier alpha value is -3.31. The minimum absolute atomic E-state index is 0.205. The number of para-hydroxylation sites is 1. The molecule has 0 saturated carbocycles. The lowest BCUT2D eigenvalue weighted by atomic mass is 10.0. The van der Waals surface area contributed by atoms with Gasteiger partial charge >= 0.3 is 6.03 Å². The van der Waals surface area contributed by atoms with Gasteiger partial charge in [-0.1, -0.05) is 84.4 Å². The van der Waals surface area contributed by atoms with Gasteiger partial charge in [0, 0.05) is 0 Å². The van der Waals surface area contributed by atoms with Gasteiger partial charge in [0.15, 0.2) is 0 Å². The normalized spacial score (nSPS) is 12.5. The molecule has 0 unspecified atom stereocenters. The van der Waals surface area contributed by atoms with Gasteiger partial charge in [-0.3, -0.25) is 4.79 Å². The number of rotatable bonds is 6. The van der Waals surface area contributed by atoms with E-state index < -0.39 is 12.1 Å². The lowest BCUT2D eigenvalue weighted by molar-refractivity contribution is -0.123. The molecule has 3 aromatic carbocycles. The third-order valence-corrected chi connectivity index (χ3v) is 4.78. The van der Waals surface area contributed by atoms with Crippen LogP contribution < -0.4 is 16.0 Å². The summed E-state index contributed by atoms with van der Waals surface area (Å²) in [6.07, 6.45) is 0. The van der Waals surface area contributed by atoms with Gasteiger partial charge in [-0.15, -0.1) is 0 Å². The number of hydrogen-bond donors (Lipinski definition) is 3. The quantitative estimate of drug-likeness (QED) is 0.533. The van der Waals surface area contributed by atoms with Gasteiger partial charge in [0.1, 0.15) is 6.04 Å². The molecule has 0 bridgehead atoms. The van der Waals surface area contributed by atoms with Crippen molar-refractivity contribution in [3.8, 4) is 0 Å². The second-order valence-electron chi connectivity index (χ2n) is 6.56. The van der Waals surface area contributed by atoms with Crippen LogP contribution in [0.1, 0.15) is 30.1 Å². The van der Waals surface area contributed by atoms with E-state index >= 15 is 0 Å². The van der Waals surface area contributed by atoms with E-state index in [1.807, 2.05) is 55.5 Å². The van der Waals surface area contributed by atoms with E-state index in [0.29, 0.717) is 16.3 Å². The standard InChI is InChI=1S/C23H22ClN3O2/c1-16(17-10-4-2-5-11-17)25-22(28)21(18-12-6-3-7-13-18)27-23(29)26-20-15-9-8-14-19(20)24/h2-16,21H,1H3,(H,25,28)(H2,26,27,29)/t16-,21-/m1/s1. The molecule has 2 atom stereocenters. The van der Waals surface area contributed by atoms with Crippen LogP contribution in [0, 0.1) is 0 Å². The van der Waals surface area contributed by atoms with Gasteiger partial charge in [0.05, 0.1) is 16.8 Å². The molecule has 29 heavy (non-hydrogen) atoms. The van der Waals surface area contributed by atoms with Crippen molar-refractivity contribution in [2.75, 3.05) is 5.32 Å². The van der Waals surface area contributed by atoms with Crippen molar-refractivity contribution in [1.29, 1.82) is 0 Å². The molecule has 0 saturated heterocycles. The highest BCUT2D eigenvalue weighted by atomic mass is 35.5. The minimum Gasteiger partial charge on any atom is -0.347 e. The Balaban J connectivity index is 1.75. The zero-order valence-electron chi connectivity index (χ0n) is 15.9. The number of halogens is 1. The van der Waals surface area contributed by atoms with Crippen LogP contribution in [0.3, 0.4) is 0 Å². The van der Waals surface area contributed by atoms with Gasteiger partial charge in [-0.25, -0.2) is 4.79 Å². The van der Waals surface area contributed by atoms with Gasteiger partial charge in [0.25, 0.3) is 0 Å². The summed E-state index contributed by atoms with van der Waals surface area (Å²) in [5.41, 5.74) is 2.13. The molecular formula is C23H22ClN3O2. The highest BCUT2D eigenvalue weighted by Gasteiger charge is 2.24. The first kappa shape index (κ1) is 20.4. The van der Waals surface area contributed by atoms with E-state index in [1.54, 1.807) is 36.4 Å². The van der Waals surface area contributed by atoms with E-state index in [2.05, 4.69) is 16.0 Å².